The number of fused-ring (bicyclic) bond motifs is 1. The van der Waals surface area contributed by atoms with Crippen molar-refractivity contribution in [2.75, 3.05) is 26.2 Å². The van der Waals surface area contributed by atoms with Crippen LogP contribution in [0.3, 0.4) is 0 Å². The van der Waals surface area contributed by atoms with E-state index in [1.807, 2.05) is 16.2 Å². The third kappa shape index (κ3) is 2.50. The molecule has 3 rings (SSSR count). The molecular weight excluding hydrogens is 272 g/mol. The monoisotopic (exact) mass is 294 g/mol. The zero-order chi connectivity index (χ0) is 14.2. The maximum atomic E-state index is 12.5. The first kappa shape index (κ1) is 14.0. The topological polar surface area (TPSA) is 41.6 Å². The minimum Gasteiger partial charge on any atom is -0.363 e. The van der Waals surface area contributed by atoms with Gasteiger partial charge < -0.3 is 15.0 Å². The molecule has 110 valence electrons. The Morgan fingerprint density at radius 2 is 2.40 bits per heavy atom. The molecule has 0 aromatic carbocycles. The molecule has 4 nitrogen and oxygen atoms in total. The Bertz CT molecular complexity index is 496. The highest BCUT2D eigenvalue weighted by Gasteiger charge is 2.35. The fourth-order valence-electron chi connectivity index (χ4n) is 3.03. The molecule has 0 spiro atoms. The van der Waals surface area contributed by atoms with Crippen LogP contribution >= 0.6 is 11.3 Å². The summed E-state index contributed by atoms with van der Waals surface area (Å²) in [7, 11) is 0. The van der Waals surface area contributed by atoms with E-state index in [0.29, 0.717) is 0 Å². The minimum absolute atomic E-state index is 0.127. The van der Waals surface area contributed by atoms with E-state index in [0.717, 1.165) is 32.5 Å². The summed E-state index contributed by atoms with van der Waals surface area (Å²) in [5.74, 6) is 0.127. The number of carbonyl (C=O) groups is 1. The Morgan fingerprint density at radius 3 is 3.05 bits per heavy atom. The highest BCUT2D eigenvalue weighted by Crippen LogP contribution is 2.35. The molecule has 2 aliphatic heterocycles. The maximum absolute atomic E-state index is 12.5. The van der Waals surface area contributed by atoms with Crippen LogP contribution in [0.2, 0.25) is 0 Å². The van der Waals surface area contributed by atoms with Crippen molar-refractivity contribution >= 4 is 17.2 Å². The van der Waals surface area contributed by atoms with E-state index in [9.17, 15) is 4.79 Å². The summed E-state index contributed by atoms with van der Waals surface area (Å²) in [5.41, 5.74) is 1.19. The largest absolute Gasteiger partial charge is 0.363 e. The highest BCUT2D eigenvalue weighted by atomic mass is 32.1. The lowest BCUT2D eigenvalue weighted by atomic mass is 9.97. The van der Waals surface area contributed by atoms with Gasteiger partial charge in [0, 0.05) is 24.5 Å². The second-order valence-corrected chi connectivity index (χ2v) is 6.90. The van der Waals surface area contributed by atoms with Crippen LogP contribution in [0, 0.1) is 0 Å². The summed E-state index contributed by atoms with van der Waals surface area (Å²) in [5, 5.41) is 5.32. The minimum atomic E-state index is -0.152. The molecule has 0 aliphatic carbocycles. The summed E-state index contributed by atoms with van der Waals surface area (Å²) in [6.45, 7) is 6.91. The number of nitrogens with zero attached hydrogens (tertiary/aromatic N) is 1. The first-order valence-corrected chi connectivity index (χ1v) is 8.21. The fourth-order valence-corrected chi connectivity index (χ4v) is 3.96. The van der Waals surface area contributed by atoms with Crippen LogP contribution in [0.4, 0.5) is 0 Å². The molecule has 1 amide bonds. The van der Waals surface area contributed by atoms with Gasteiger partial charge in [0.25, 0.3) is 0 Å². The van der Waals surface area contributed by atoms with E-state index in [-0.39, 0.29) is 24.2 Å². The normalized spacial score (nSPS) is 24.1. The van der Waals surface area contributed by atoms with E-state index >= 15 is 0 Å². The summed E-state index contributed by atoms with van der Waals surface area (Å²) in [4.78, 5) is 15.9. The van der Waals surface area contributed by atoms with E-state index in [1.54, 1.807) is 0 Å². The number of carbonyl (C=O) groups excluding carboxylic acids is 1. The molecule has 1 N–H and O–H groups in total. The third-order valence-corrected chi connectivity index (χ3v) is 5.34. The summed E-state index contributed by atoms with van der Waals surface area (Å²) in [6.07, 6.45) is 1.95. The predicted octanol–water partition coefficient (Wildman–Crippen LogP) is 1.96. The van der Waals surface area contributed by atoms with Crippen molar-refractivity contribution in [1.29, 1.82) is 0 Å². The van der Waals surface area contributed by atoms with E-state index in [1.165, 1.54) is 10.4 Å². The van der Waals surface area contributed by atoms with Gasteiger partial charge in [-0.3, -0.25) is 4.79 Å². The third-order valence-electron chi connectivity index (χ3n) is 4.34. The van der Waals surface area contributed by atoms with Crippen LogP contribution in [-0.2, 0) is 16.0 Å². The molecule has 20 heavy (non-hydrogen) atoms. The summed E-state index contributed by atoms with van der Waals surface area (Å²) < 4.78 is 5.79. The fraction of sp³-hybridized carbons (Fsp3) is 0.667. The lowest BCUT2D eigenvalue weighted by molar-refractivity contribution is -0.148. The van der Waals surface area contributed by atoms with Gasteiger partial charge in [-0.25, -0.2) is 0 Å². The molecule has 1 unspecified atom stereocenters. The summed E-state index contributed by atoms with van der Waals surface area (Å²) >= 11 is 1.81. The molecule has 5 heteroatoms. The van der Waals surface area contributed by atoms with E-state index in [4.69, 9.17) is 4.74 Å². The van der Waals surface area contributed by atoms with Crippen molar-refractivity contribution in [3.05, 3.63) is 21.9 Å². The Kier molecular flexibility index (Phi) is 3.84. The van der Waals surface area contributed by atoms with Crippen LogP contribution in [0.25, 0.3) is 0 Å². The van der Waals surface area contributed by atoms with Crippen molar-refractivity contribution in [3.8, 4) is 0 Å². The average Bonchev–Trinajstić information content (AvgIpc) is 2.89. The highest BCUT2D eigenvalue weighted by molar-refractivity contribution is 7.10. The average molecular weight is 294 g/mol. The molecule has 2 aliphatic rings. The van der Waals surface area contributed by atoms with Gasteiger partial charge in [-0.2, -0.15) is 0 Å². The first-order chi connectivity index (χ1) is 9.63. The SMILES string of the molecule is CCC1c2ccsc2CCN1C(=O)COC1(C)CNC1. The molecular formula is C15H22N2O2S. The lowest BCUT2D eigenvalue weighted by Crippen LogP contribution is -2.59. The number of ether oxygens (including phenoxy) is 1. The molecule has 1 aromatic heterocycles. The zero-order valence-electron chi connectivity index (χ0n) is 12.1. The molecule has 1 saturated heterocycles. The Balaban J connectivity index is 1.65. The number of thiophene rings is 1. The number of hydrogen-bond donors (Lipinski definition) is 1. The number of nitrogens with one attached hydrogen (secondary N) is 1. The number of hydrogen-bond acceptors (Lipinski definition) is 4. The van der Waals surface area contributed by atoms with Crippen molar-refractivity contribution in [2.45, 2.75) is 38.3 Å². The van der Waals surface area contributed by atoms with Crippen LogP contribution < -0.4 is 5.32 Å². The molecule has 1 fully saturated rings. The van der Waals surface area contributed by atoms with Crippen molar-refractivity contribution in [1.82, 2.24) is 10.2 Å². The van der Waals surface area contributed by atoms with Crippen LogP contribution in [0.1, 0.15) is 36.8 Å². The molecule has 1 atom stereocenters. The second-order valence-electron chi connectivity index (χ2n) is 5.90. The molecule has 3 heterocycles. The van der Waals surface area contributed by atoms with Crippen molar-refractivity contribution in [3.63, 3.8) is 0 Å². The van der Waals surface area contributed by atoms with Crippen LogP contribution in [-0.4, -0.2) is 42.6 Å². The Hall–Kier alpha value is -0.910. The zero-order valence-corrected chi connectivity index (χ0v) is 13.0. The van der Waals surface area contributed by atoms with Crippen molar-refractivity contribution in [2.24, 2.45) is 0 Å². The molecule has 0 radical (unpaired) electrons. The Morgan fingerprint density at radius 1 is 1.60 bits per heavy atom. The number of amides is 1. The van der Waals surface area contributed by atoms with Gasteiger partial charge in [-0.15, -0.1) is 11.3 Å². The molecule has 0 bridgehead atoms. The second kappa shape index (κ2) is 5.47. The first-order valence-electron chi connectivity index (χ1n) is 7.33. The smallest absolute Gasteiger partial charge is 0.249 e. The molecule has 0 saturated carbocycles. The van der Waals surface area contributed by atoms with Gasteiger partial charge in [-0.05, 0) is 36.8 Å². The maximum Gasteiger partial charge on any atom is 0.249 e. The van der Waals surface area contributed by atoms with Gasteiger partial charge in [0.1, 0.15) is 6.61 Å². The van der Waals surface area contributed by atoms with E-state index < -0.39 is 0 Å². The van der Waals surface area contributed by atoms with Gasteiger partial charge in [0.05, 0.1) is 11.6 Å². The van der Waals surface area contributed by atoms with Gasteiger partial charge >= 0.3 is 0 Å². The van der Waals surface area contributed by atoms with Crippen LogP contribution in [0.5, 0.6) is 0 Å². The standard InChI is InChI=1S/C15H22N2O2S/c1-3-12-11-5-7-20-13(11)4-6-17(12)14(18)8-19-15(2)9-16-10-15/h5,7,12,16H,3-4,6,8-10H2,1-2H3. The van der Waals surface area contributed by atoms with Gasteiger partial charge in [-0.1, -0.05) is 6.92 Å². The quantitative estimate of drug-likeness (QED) is 0.923. The van der Waals surface area contributed by atoms with Crippen molar-refractivity contribution < 1.29 is 9.53 Å². The summed E-state index contributed by atoms with van der Waals surface area (Å²) in [6, 6.07) is 2.40. The van der Waals surface area contributed by atoms with Gasteiger partial charge in [0.2, 0.25) is 5.91 Å². The Labute approximate surface area is 124 Å². The lowest BCUT2D eigenvalue weighted by Gasteiger charge is -2.40. The predicted molar refractivity (Wildman–Crippen MR) is 80.0 cm³/mol. The number of rotatable bonds is 4. The molecule has 1 aromatic rings. The van der Waals surface area contributed by atoms with Gasteiger partial charge in [0.15, 0.2) is 0 Å². The van der Waals surface area contributed by atoms with Crippen LogP contribution in [0.15, 0.2) is 11.4 Å². The van der Waals surface area contributed by atoms with E-state index in [2.05, 4.69) is 30.6 Å².